The van der Waals surface area contributed by atoms with Crippen LogP contribution >= 0.6 is 0 Å². The minimum Gasteiger partial charge on any atom is -0.492 e. The Morgan fingerprint density at radius 1 is 1.26 bits per heavy atom. The summed E-state index contributed by atoms with van der Waals surface area (Å²) in [5.74, 6) is 0.547. The number of alkyl halides is 3. The molecule has 1 amide bonds. The molecule has 152 valence electrons. The van der Waals surface area contributed by atoms with Gasteiger partial charge in [0.2, 0.25) is 0 Å². The van der Waals surface area contributed by atoms with Gasteiger partial charge in [-0.2, -0.15) is 13.2 Å². The lowest BCUT2D eigenvalue weighted by Gasteiger charge is -2.34. The first-order chi connectivity index (χ1) is 12.6. The highest BCUT2D eigenvalue weighted by Gasteiger charge is 2.32. The van der Waals surface area contributed by atoms with Gasteiger partial charge in [0.05, 0.1) is 12.8 Å². The Hall–Kier alpha value is -1.99. The Balaban J connectivity index is 1.75. The lowest BCUT2D eigenvalue weighted by molar-refractivity contribution is -0.141. The number of nitrogens with zero attached hydrogens (tertiary/aromatic N) is 2. The molecule has 0 saturated carbocycles. The van der Waals surface area contributed by atoms with Crippen LogP contribution < -0.4 is 4.74 Å². The van der Waals surface area contributed by atoms with Crippen LogP contribution in [-0.2, 0) is 10.9 Å². The van der Waals surface area contributed by atoms with E-state index < -0.39 is 17.5 Å². The monoisotopic (exact) mass is 388 g/mol. The van der Waals surface area contributed by atoms with E-state index in [1.54, 1.807) is 4.90 Å². The van der Waals surface area contributed by atoms with Crippen LogP contribution in [0.15, 0.2) is 18.3 Å². The molecule has 1 saturated heterocycles. The predicted octanol–water partition coefficient (Wildman–Crippen LogP) is 4.91. The molecule has 1 aliphatic rings. The number of pyridine rings is 1. The van der Waals surface area contributed by atoms with Gasteiger partial charge in [-0.3, -0.25) is 0 Å². The van der Waals surface area contributed by atoms with E-state index in [9.17, 15) is 18.0 Å². The third-order valence-electron chi connectivity index (χ3n) is 4.60. The standard InChI is InChI=1S/C19H27F3N2O3/c1-4-9-18(2,3)27-17(25)24-10-7-14(8-11-24)13-26-15-5-6-16(23-12-15)19(20,21)22/h5-6,12,14H,4,7-11,13H2,1-3H3. The van der Waals surface area contributed by atoms with Crippen LogP contribution in [0.25, 0.3) is 0 Å². The highest BCUT2D eigenvalue weighted by atomic mass is 19.4. The Morgan fingerprint density at radius 3 is 2.44 bits per heavy atom. The third kappa shape index (κ3) is 6.59. The van der Waals surface area contributed by atoms with Gasteiger partial charge in [-0.25, -0.2) is 9.78 Å². The number of rotatable bonds is 6. The summed E-state index contributed by atoms with van der Waals surface area (Å²) >= 11 is 0. The number of halogens is 3. The minimum absolute atomic E-state index is 0.236. The van der Waals surface area contributed by atoms with Gasteiger partial charge in [0.15, 0.2) is 0 Å². The third-order valence-corrected chi connectivity index (χ3v) is 4.60. The molecular weight excluding hydrogens is 361 g/mol. The molecular formula is C19H27F3N2O3. The Labute approximate surface area is 157 Å². The van der Waals surface area contributed by atoms with E-state index in [0.29, 0.717) is 25.4 Å². The maximum Gasteiger partial charge on any atom is 0.433 e. The van der Waals surface area contributed by atoms with Crippen molar-refractivity contribution in [1.29, 1.82) is 0 Å². The number of likely N-dealkylation sites (tertiary alicyclic amines) is 1. The average molecular weight is 388 g/mol. The van der Waals surface area contributed by atoms with Crippen LogP contribution in [0.4, 0.5) is 18.0 Å². The number of amides is 1. The number of hydrogen-bond donors (Lipinski definition) is 0. The zero-order valence-electron chi connectivity index (χ0n) is 16.0. The van der Waals surface area contributed by atoms with Crippen molar-refractivity contribution >= 4 is 6.09 Å². The van der Waals surface area contributed by atoms with Crippen molar-refractivity contribution < 1.29 is 27.4 Å². The Morgan fingerprint density at radius 2 is 1.93 bits per heavy atom. The first-order valence-corrected chi connectivity index (χ1v) is 9.24. The fraction of sp³-hybridized carbons (Fsp3) is 0.684. The van der Waals surface area contributed by atoms with E-state index in [-0.39, 0.29) is 12.0 Å². The van der Waals surface area contributed by atoms with E-state index in [0.717, 1.165) is 37.9 Å². The molecule has 0 unspecified atom stereocenters. The fourth-order valence-corrected chi connectivity index (χ4v) is 3.08. The van der Waals surface area contributed by atoms with Gasteiger partial charge in [-0.1, -0.05) is 13.3 Å². The van der Waals surface area contributed by atoms with Crippen LogP contribution in [0.5, 0.6) is 5.75 Å². The molecule has 0 atom stereocenters. The SMILES string of the molecule is CCCC(C)(C)OC(=O)N1CCC(COc2ccc(C(F)(F)F)nc2)CC1. The summed E-state index contributed by atoms with van der Waals surface area (Å²) in [6.07, 6.45) is -0.381. The van der Waals surface area contributed by atoms with E-state index in [1.165, 1.54) is 6.07 Å². The second-order valence-electron chi connectivity index (χ2n) is 7.50. The molecule has 1 aliphatic heterocycles. The first-order valence-electron chi connectivity index (χ1n) is 9.24. The van der Waals surface area contributed by atoms with Crippen molar-refractivity contribution in [3.05, 3.63) is 24.0 Å². The number of hydrogen-bond acceptors (Lipinski definition) is 4. The van der Waals surface area contributed by atoms with Gasteiger partial charge in [0, 0.05) is 13.1 Å². The second kappa shape index (κ2) is 8.80. The van der Waals surface area contributed by atoms with E-state index in [1.807, 2.05) is 20.8 Å². The van der Waals surface area contributed by atoms with Crippen molar-refractivity contribution in [2.24, 2.45) is 5.92 Å². The van der Waals surface area contributed by atoms with Crippen molar-refractivity contribution in [3.8, 4) is 5.75 Å². The number of carbonyl (C=O) groups excluding carboxylic acids is 1. The molecule has 5 nitrogen and oxygen atoms in total. The van der Waals surface area contributed by atoms with Gasteiger partial charge >= 0.3 is 12.3 Å². The summed E-state index contributed by atoms with van der Waals surface area (Å²) in [6, 6.07) is 2.18. The van der Waals surface area contributed by atoms with Gasteiger partial charge in [0.25, 0.3) is 0 Å². The smallest absolute Gasteiger partial charge is 0.433 e. The maximum absolute atomic E-state index is 12.5. The van der Waals surface area contributed by atoms with Gasteiger partial charge in [0.1, 0.15) is 17.0 Å². The summed E-state index contributed by atoms with van der Waals surface area (Å²) in [7, 11) is 0. The van der Waals surface area contributed by atoms with Gasteiger partial charge in [-0.15, -0.1) is 0 Å². The van der Waals surface area contributed by atoms with E-state index in [2.05, 4.69) is 4.98 Å². The topological polar surface area (TPSA) is 51.7 Å². The van der Waals surface area contributed by atoms with Crippen molar-refractivity contribution in [1.82, 2.24) is 9.88 Å². The van der Waals surface area contributed by atoms with Crippen LogP contribution in [0.2, 0.25) is 0 Å². The quantitative estimate of drug-likeness (QED) is 0.695. The summed E-state index contributed by atoms with van der Waals surface area (Å²) < 4.78 is 48.6. The van der Waals surface area contributed by atoms with Crippen LogP contribution in [0.3, 0.4) is 0 Å². The number of piperidine rings is 1. The lowest BCUT2D eigenvalue weighted by Crippen LogP contribution is -2.43. The first kappa shape index (κ1) is 21.3. The molecule has 8 heteroatoms. The lowest BCUT2D eigenvalue weighted by atomic mass is 9.98. The molecule has 2 heterocycles. The molecule has 0 spiro atoms. The number of ether oxygens (including phenoxy) is 2. The Bertz CT molecular complexity index is 610. The largest absolute Gasteiger partial charge is 0.492 e. The second-order valence-corrected chi connectivity index (χ2v) is 7.50. The normalized spacial score (nSPS) is 16.3. The molecule has 1 fully saturated rings. The highest BCUT2D eigenvalue weighted by Crippen LogP contribution is 2.28. The summed E-state index contributed by atoms with van der Waals surface area (Å²) in [5.41, 5.74) is -1.41. The maximum atomic E-state index is 12.5. The van der Waals surface area contributed by atoms with E-state index in [4.69, 9.17) is 9.47 Å². The molecule has 0 bridgehead atoms. The van der Waals surface area contributed by atoms with Crippen molar-refractivity contribution in [2.75, 3.05) is 19.7 Å². The van der Waals surface area contributed by atoms with Crippen molar-refractivity contribution in [3.63, 3.8) is 0 Å². The molecule has 0 aromatic carbocycles. The summed E-state index contributed by atoms with van der Waals surface area (Å²) in [4.78, 5) is 17.3. The summed E-state index contributed by atoms with van der Waals surface area (Å²) in [5, 5.41) is 0. The highest BCUT2D eigenvalue weighted by molar-refractivity contribution is 5.68. The molecule has 0 aliphatic carbocycles. The van der Waals surface area contributed by atoms with Gasteiger partial charge in [-0.05, 0) is 51.2 Å². The van der Waals surface area contributed by atoms with Crippen LogP contribution in [0.1, 0.15) is 52.1 Å². The molecule has 1 aromatic heterocycles. The summed E-state index contributed by atoms with van der Waals surface area (Å²) in [6.45, 7) is 7.42. The molecule has 2 rings (SSSR count). The predicted molar refractivity (Wildman–Crippen MR) is 94.5 cm³/mol. The van der Waals surface area contributed by atoms with Crippen LogP contribution in [-0.4, -0.2) is 41.3 Å². The van der Waals surface area contributed by atoms with Crippen molar-refractivity contribution in [2.45, 2.75) is 58.2 Å². The molecule has 1 aromatic rings. The number of carbonyl (C=O) groups is 1. The molecule has 0 N–H and O–H groups in total. The van der Waals surface area contributed by atoms with E-state index >= 15 is 0 Å². The zero-order valence-corrected chi connectivity index (χ0v) is 16.0. The fourth-order valence-electron chi connectivity index (χ4n) is 3.08. The number of aromatic nitrogens is 1. The average Bonchev–Trinajstić information content (AvgIpc) is 2.59. The zero-order chi connectivity index (χ0) is 20.1. The minimum atomic E-state index is -4.45. The van der Waals surface area contributed by atoms with Crippen LogP contribution in [0, 0.1) is 5.92 Å². The van der Waals surface area contributed by atoms with Gasteiger partial charge < -0.3 is 14.4 Å². The molecule has 27 heavy (non-hydrogen) atoms. The Kier molecular flexibility index (Phi) is 6.95. The molecule has 0 radical (unpaired) electrons.